The molecule has 315 valence electrons. The van der Waals surface area contributed by atoms with Gasteiger partial charge in [0.05, 0.1) is 103 Å². The first-order valence-electron chi connectivity index (χ1n) is 16.8. The molecule has 52 heavy (non-hydrogen) atoms. The molecule has 16 N–H and O–H groups in total. The van der Waals surface area contributed by atoms with Gasteiger partial charge >= 0.3 is 17.1 Å². The Bertz CT molecular complexity index is 779. The van der Waals surface area contributed by atoms with Crippen molar-refractivity contribution in [3.05, 3.63) is 0 Å². The molecule has 0 spiro atoms. The fourth-order valence-corrected chi connectivity index (χ4v) is 4.40. The van der Waals surface area contributed by atoms with E-state index in [1.165, 1.54) is 4.90 Å². The van der Waals surface area contributed by atoms with Gasteiger partial charge in [0.25, 0.3) is 0 Å². The average Bonchev–Trinajstić information content (AvgIpc) is 3.07. The predicted octanol–water partition coefficient (Wildman–Crippen LogP) is -9.22. The molecule has 0 aromatic heterocycles. The summed E-state index contributed by atoms with van der Waals surface area (Å²) in [6, 6.07) is 0. The van der Waals surface area contributed by atoms with Crippen LogP contribution in [0.5, 0.6) is 0 Å². The molecule has 0 aliphatic rings. The normalized spacial score (nSPS) is 19.2. The molecule has 0 aromatic carbocycles. The van der Waals surface area contributed by atoms with Crippen LogP contribution >= 0.6 is 0 Å². The van der Waals surface area contributed by atoms with Crippen molar-refractivity contribution in [2.24, 2.45) is 5.73 Å². The summed E-state index contributed by atoms with van der Waals surface area (Å²) in [5, 5.41) is 138. The summed E-state index contributed by atoms with van der Waals surface area (Å²) >= 11 is 0. The minimum atomic E-state index is -1.69. The van der Waals surface area contributed by atoms with Gasteiger partial charge in [-0.25, -0.2) is 0 Å². The topological polar surface area (TPSA) is 359 Å². The van der Waals surface area contributed by atoms with Crippen LogP contribution in [-0.4, -0.2) is 272 Å². The quantitative estimate of drug-likeness (QED) is 0.0264. The van der Waals surface area contributed by atoms with Crippen LogP contribution in [0.3, 0.4) is 0 Å². The molecule has 1 radical (unpaired) electrons. The first-order valence-corrected chi connectivity index (χ1v) is 16.8. The molecular weight excluding hydrogens is 771 g/mol. The number of ether oxygens (including phenoxy) is 5. The second-order valence-electron chi connectivity index (χ2n) is 12.3. The van der Waals surface area contributed by atoms with Crippen LogP contribution in [0.15, 0.2) is 0 Å². The molecule has 0 bridgehead atoms. The maximum absolute atomic E-state index is 10.5. The summed E-state index contributed by atoms with van der Waals surface area (Å²) in [4.78, 5) is 1.24. The summed E-state index contributed by atoms with van der Waals surface area (Å²) < 4.78 is 26.0. The first kappa shape index (κ1) is 53.8. The van der Waals surface area contributed by atoms with Crippen LogP contribution in [0.4, 0.5) is 0 Å². The molecule has 12 unspecified atom stereocenters. The third-order valence-electron chi connectivity index (χ3n) is 7.16. The number of aliphatic hydroxyl groups excluding tert-OH is 14. The molecular formula is C30H65N2O19Se. The van der Waals surface area contributed by atoms with Crippen LogP contribution in [0, 0.1) is 0 Å². The van der Waals surface area contributed by atoms with E-state index in [0.717, 1.165) is 0 Å². The van der Waals surface area contributed by atoms with Gasteiger partial charge in [0.1, 0.15) is 36.6 Å². The third-order valence-corrected chi connectivity index (χ3v) is 7.16. The molecule has 22 heteroatoms. The predicted molar refractivity (Wildman–Crippen MR) is 182 cm³/mol. The minimum absolute atomic E-state index is 0. The van der Waals surface area contributed by atoms with Crippen LogP contribution in [0.1, 0.15) is 12.8 Å². The van der Waals surface area contributed by atoms with Gasteiger partial charge in [-0.15, -0.1) is 0 Å². The maximum atomic E-state index is 10.5. The van der Waals surface area contributed by atoms with Crippen molar-refractivity contribution >= 4 is 17.1 Å². The summed E-state index contributed by atoms with van der Waals surface area (Å²) in [5.41, 5.74) is 5.24. The number of aliphatic hydroxyl groups is 14. The van der Waals surface area contributed by atoms with Gasteiger partial charge in [-0.05, 0) is 12.8 Å². The fraction of sp³-hybridized carbons (Fsp3) is 1.00. The van der Waals surface area contributed by atoms with E-state index in [1.54, 1.807) is 0 Å². The van der Waals surface area contributed by atoms with E-state index < -0.39 is 99.6 Å². The number of nitrogens with zero attached hydrogens (tertiary/aromatic N) is 1. The molecule has 0 aliphatic carbocycles. The Balaban J connectivity index is 0. The van der Waals surface area contributed by atoms with E-state index in [0.29, 0.717) is 0 Å². The van der Waals surface area contributed by atoms with Crippen LogP contribution < -0.4 is 5.73 Å². The zero-order valence-corrected chi connectivity index (χ0v) is 31.3. The Kier molecular flexibility index (Phi) is 34.0. The van der Waals surface area contributed by atoms with E-state index in [-0.39, 0.29) is 109 Å². The molecule has 0 rings (SSSR count). The second-order valence-corrected chi connectivity index (χ2v) is 12.3. The van der Waals surface area contributed by atoms with Gasteiger partial charge in [-0.3, -0.25) is 4.90 Å². The van der Waals surface area contributed by atoms with Gasteiger partial charge in [-0.1, -0.05) is 0 Å². The zero-order valence-electron chi connectivity index (χ0n) is 29.4. The summed E-state index contributed by atoms with van der Waals surface area (Å²) in [7, 11) is 0. The summed E-state index contributed by atoms with van der Waals surface area (Å²) in [5.74, 6) is 0. The van der Waals surface area contributed by atoms with Gasteiger partial charge in [-0.2, -0.15) is 0 Å². The Morgan fingerprint density at radius 1 is 0.385 bits per heavy atom. The van der Waals surface area contributed by atoms with Gasteiger partial charge in [0, 0.05) is 39.4 Å². The molecule has 0 fully saturated rings. The Labute approximate surface area is 314 Å². The van der Waals surface area contributed by atoms with Crippen molar-refractivity contribution in [1.82, 2.24) is 4.90 Å². The van der Waals surface area contributed by atoms with Crippen molar-refractivity contribution in [1.29, 1.82) is 0 Å². The van der Waals surface area contributed by atoms with E-state index in [2.05, 4.69) is 0 Å². The second kappa shape index (κ2) is 32.9. The molecule has 0 aliphatic heterocycles. The fourth-order valence-electron chi connectivity index (χ4n) is 4.40. The SMILES string of the molecule is NCC(O)COCC(O)COCC(O)COCC(O)COCC(O)COCC(O)CN(CC(O)C(O)C(O)CCO)CC(O)C(O)C(O)CCO.[SeH]. The van der Waals surface area contributed by atoms with E-state index in [4.69, 9.17) is 39.6 Å². The summed E-state index contributed by atoms with van der Waals surface area (Å²) in [6.07, 6.45) is -16.4. The number of hydrogen-bond donors (Lipinski definition) is 15. The van der Waals surface area contributed by atoms with Crippen LogP contribution in [0.25, 0.3) is 0 Å². The van der Waals surface area contributed by atoms with Crippen molar-refractivity contribution in [2.45, 2.75) is 86.1 Å². The summed E-state index contributed by atoms with van der Waals surface area (Å²) in [6.45, 7) is -3.93. The number of rotatable bonds is 35. The van der Waals surface area contributed by atoms with Gasteiger partial charge in [0.2, 0.25) is 0 Å². The molecule has 12 atom stereocenters. The third kappa shape index (κ3) is 27.3. The van der Waals surface area contributed by atoms with Crippen LogP contribution in [-0.2, 0) is 23.7 Å². The Morgan fingerprint density at radius 2 is 0.654 bits per heavy atom. The Hall–Kier alpha value is -0.321. The van der Waals surface area contributed by atoms with Crippen molar-refractivity contribution in [3.63, 3.8) is 0 Å². The first-order chi connectivity index (χ1) is 24.1. The van der Waals surface area contributed by atoms with Crippen molar-refractivity contribution in [2.75, 3.05) is 105 Å². The standard InChI is InChI=1S/C30H64N2O19.HSe/c31-5-19(35)9-47-11-21(37)13-49-15-23(39)17-51-18-24(40)16-50-14-22(38)12-48-10-20(36)6-32(7-27(43)29(45)25(41)1-3-33)8-28(44)30(46)26(42)2-4-34;/h19-30,33-46H,1-18,31H2;1H. The zero-order chi connectivity index (χ0) is 38.8. The average molecular weight is 837 g/mol. The monoisotopic (exact) mass is 837 g/mol. The number of nitrogens with two attached hydrogens (primary N) is 1. The number of hydrogen-bond acceptors (Lipinski definition) is 21. The molecule has 0 amide bonds. The van der Waals surface area contributed by atoms with Gasteiger partial charge in [0.15, 0.2) is 0 Å². The van der Waals surface area contributed by atoms with Crippen LogP contribution in [0.2, 0.25) is 0 Å². The molecule has 0 heterocycles. The van der Waals surface area contributed by atoms with E-state index in [9.17, 15) is 61.3 Å². The van der Waals surface area contributed by atoms with Crippen molar-refractivity contribution < 1.29 is 95.2 Å². The van der Waals surface area contributed by atoms with E-state index >= 15 is 0 Å². The molecule has 0 saturated carbocycles. The molecule has 21 nitrogen and oxygen atoms in total. The van der Waals surface area contributed by atoms with Gasteiger partial charge < -0.3 is 101 Å². The van der Waals surface area contributed by atoms with Crippen molar-refractivity contribution in [3.8, 4) is 0 Å². The Morgan fingerprint density at radius 3 is 0.923 bits per heavy atom. The molecule has 0 saturated heterocycles. The molecule has 0 aromatic rings. The van der Waals surface area contributed by atoms with E-state index in [1.807, 2.05) is 0 Å².